The number of carbonyl (C=O) groups is 3. The molecule has 0 aliphatic rings. The number of aliphatic hydroxyl groups is 1. The molecule has 3 rings (SSSR count). The molecule has 1 amide bonds. The van der Waals surface area contributed by atoms with Crippen LogP contribution < -0.4 is 11.1 Å². The van der Waals surface area contributed by atoms with Crippen molar-refractivity contribution in [2.75, 3.05) is 31.8 Å². The second-order valence-electron chi connectivity index (χ2n) is 8.10. The predicted octanol–water partition coefficient (Wildman–Crippen LogP) is 2.89. The van der Waals surface area contributed by atoms with E-state index in [2.05, 4.69) is 46.5 Å². The summed E-state index contributed by atoms with van der Waals surface area (Å²) in [5, 5.41) is 11.5. The largest absolute Gasteiger partial charge is 0.467 e. The van der Waals surface area contributed by atoms with E-state index in [1.165, 1.54) is 11.8 Å². The number of amides is 1. The van der Waals surface area contributed by atoms with Crippen LogP contribution in [-0.4, -0.2) is 66.9 Å². The van der Waals surface area contributed by atoms with Gasteiger partial charge in [0.1, 0.15) is 6.61 Å². The lowest BCUT2D eigenvalue weighted by atomic mass is 10.00. The van der Waals surface area contributed by atoms with Crippen LogP contribution in [-0.2, 0) is 19.1 Å². The second-order valence-corrected chi connectivity index (χ2v) is 9.25. The van der Waals surface area contributed by atoms with E-state index in [0.717, 1.165) is 29.4 Å². The number of esters is 2. The number of nitrogens with one attached hydrogen (secondary N) is 1. The molecule has 0 saturated carbocycles. The maximum absolute atomic E-state index is 12.4. The van der Waals surface area contributed by atoms with Crippen molar-refractivity contribution in [2.45, 2.75) is 12.1 Å². The number of methoxy groups -OCH3 is 1. The van der Waals surface area contributed by atoms with Crippen molar-refractivity contribution in [3.8, 4) is 22.3 Å². The van der Waals surface area contributed by atoms with Crippen molar-refractivity contribution in [1.82, 2.24) is 5.32 Å². The van der Waals surface area contributed by atoms with E-state index in [1.807, 2.05) is 30.3 Å². The summed E-state index contributed by atoms with van der Waals surface area (Å²) < 4.78 is 9.81. The summed E-state index contributed by atoms with van der Waals surface area (Å²) in [5.74, 6) is -1.07. The quantitative estimate of drug-likeness (QED) is 0.245. The zero-order chi connectivity index (χ0) is 26.6. The molecule has 0 heterocycles. The maximum Gasteiger partial charge on any atom is 0.338 e. The summed E-state index contributed by atoms with van der Waals surface area (Å²) in [6.45, 7) is -0.433. The zero-order valence-electron chi connectivity index (χ0n) is 20.5. The standard InChI is InChI=1S/C28H30N2O6S/c1-35-28(34)25(17-31)30-26(32)24(29)18-37-16-15-36-27(33)23-13-11-22(12-14-23)21-9-7-20(8-10-21)19-5-3-2-4-6-19/h2-14,24-25,31H,15-18,29H2,1H3,(H,30,32). The normalized spacial score (nSPS) is 12.3. The van der Waals surface area contributed by atoms with Crippen LogP contribution in [0.2, 0.25) is 0 Å². The summed E-state index contributed by atoms with van der Waals surface area (Å²) in [6, 6.07) is 23.6. The topological polar surface area (TPSA) is 128 Å². The van der Waals surface area contributed by atoms with Crippen molar-refractivity contribution in [3.05, 3.63) is 84.4 Å². The molecule has 9 heteroatoms. The van der Waals surface area contributed by atoms with Crippen LogP contribution in [0, 0.1) is 0 Å². The Kier molecular flexibility index (Phi) is 10.7. The van der Waals surface area contributed by atoms with Gasteiger partial charge in [0, 0.05) is 11.5 Å². The second kappa shape index (κ2) is 14.2. The van der Waals surface area contributed by atoms with Crippen molar-refractivity contribution in [3.63, 3.8) is 0 Å². The summed E-state index contributed by atoms with van der Waals surface area (Å²) in [4.78, 5) is 35.8. The highest BCUT2D eigenvalue weighted by atomic mass is 32.2. The minimum absolute atomic E-state index is 0.155. The van der Waals surface area contributed by atoms with E-state index < -0.39 is 36.5 Å². The summed E-state index contributed by atoms with van der Waals surface area (Å²) in [6.07, 6.45) is 0. The molecule has 0 aliphatic carbocycles. The van der Waals surface area contributed by atoms with Gasteiger partial charge in [-0.15, -0.1) is 0 Å². The molecule has 2 unspecified atom stereocenters. The molecule has 0 aromatic heterocycles. The van der Waals surface area contributed by atoms with Crippen molar-refractivity contribution >= 4 is 29.6 Å². The lowest BCUT2D eigenvalue weighted by Crippen LogP contribution is -2.51. The highest BCUT2D eigenvalue weighted by molar-refractivity contribution is 7.99. The fourth-order valence-electron chi connectivity index (χ4n) is 3.45. The first-order valence-corrected chi connectivity index (χ1v) is 12.8. The van der Waals surface area contributed by atoms with Gasteiger partial charge in [0.2, 0.25) is 5.91 Å². The molecule has 0 spiro atoms. The highest BCUT2D eigenvalue weighted by Gasteiger charge is 2.23. The number of rotatable bonds is 12. The van der Waals surface area contributed by atoms with Gasteiger partial charge in [0.15, 0.2) is 6.04 Å². The van der Waals surface area contributed by atoms with Crippen LogP contribution in [0.25, 0.3) is 22.3 Å². The van der Waals surface area contributed by atoms with Crippen LogP contribution >= 0.6 is 11.8 Å². The molecule has 0 radical (unpaired) electrons. The molecule has 2 atom stereocenters. The van der Waals surface area contributed by atoms with Crippen LogP contribution in [0.4, 0.5) is 0 Å². The average Bonchev–Trinajstić information content (AvgIpc) is 2.95. The van der Waals surface area contributed by atoms with Gasteiger partial charge >= 0.3 is 11.9 Å². The SMILES string of the molecule is COC(=O)C(CO)NC(=O)C(N)CSCCOC(=O)c1ccc(-c2ccc(-c3ccccc3)cc2)cc1. The molecular formula is C28H30N2O6S. The van der Waals surface area contributed by atoms with E-state index in [4.69, 9.17) is 15.6 Å². The molecule has 3 aromatic rings. The Morgan fingerprint density at radius 2 is 1.43 bits per heavy atom. The van der Waals surface area contributed by atoms with E-state index >= 15 is 0 Å². The van der Waals surface area contributed by atoms with Gasteiger partial charge in [-0.25, -0.2) is 9.59 Å². The maximum atomic E-state index is 12.4. The van der Waals surface area contributed by atoms with Gasteiger partial charge in [-0.3, -0.25) is 4.79 Å². The van der Waals surface area contributed by atoms with Gasteiger partial charge in [-0.2, -0.15) is 11.8 Å². The first kappa shape index (κ1) is 27.9. The highest BCUT2D eigenvalue weighted by Crippen LogP contribution is 2.25. The fourth-order valence-corrected chi connectivity index (χ4v) is 4.22. The molecule has 0 fully saturated rings. The Hall–Kier alpha value is -3.66. The predicted molar refractivity (Wildman–Crippen MR) is 144 cm³/mol. The number of carbonyl (C=O) groups excluding carboxylic acids is 3. The van der Waals surface area contributed by atoms with Crippen molar-refractivity contribution in [1.29, 1.82) is 0 Å². The van der Waals surface area contributed by atoms with Crippen LogP contribution in [0.1, 0.15) is 10.4 Å². The smallest absolute Gasteiger partial charge is 0.338 e. The molecule has 0 saturated heterocycles. The van der Waals surface area contributed by atoms with Gasteiger partial charge in [0.25, 0.3) is 0 Å². The molecule has 37 heavy (non-hydrogen) atoms. The number of nitrogens with two attached hydrogens (primary N) is 1. The monoisotopic (exact) mass is 522 g/mol. The number of benzene rings is 3. The number of ether oxygens (including phenoxy) is 2. The van der Waals surface area contributed by atoms with Gasteiger partial charge < -0.3 is 25.6 Å². The van der Waals surface area contributed by atoms with Gasteiger partial charge in [0.05, 0.1) is 25.3 Å². The molecule has 3 aromatic carbocycles. The summed E-state index contributed by atoms with van der Waals surface area (Å²) >= 11 is 1.33. The molecule has 0 bridgehead atoms. The molecule has 4 N–H and O–H groups in total. The van der Waals surface area contributed by atoms with E-state index in [-0.39, 0.29) is 12.4 Å². The molecule has 194 valence electrons. The third kappa shape index (κ3) is 8.18. The first-order valence-electron chi connectivity index (χ1n) is 11.7. The van der Waals surface area contributed by atoms with Crippen LogP contribution in [0.15, 0.2) is 78.9 Å². The third-order valence-corrected chi connectivity index (χ3v) is 6.58. The average molecular weight is 523 g/mol. The Balaban J connectivity index is 1.41. The lowest BCUT2D eigenvalue weighted by molar-refractivity contribution is -0.146. The Morgan fingerprint density at radius 3 is 1.97 bits per heavy atom. The number of hydrogen-bond donors (Lipinski definition) is 3. The van der Waals surface area contributed by atoms with Crippen molar-refractivity contribution < 1.29 is 29.0 Å². The number of thioether (sulfide) groups is 1. The first-order chi connectivity index (χ1) is 17.9. The lowest BCUT2D eigenvalue weighted by Gasteiger charge is -2.17. The van der Waals surface area contributed by atoms with Gasteiger partial charge in [-0.1, -0.05) is 66.7 Å². The zero-order valence-corrected chi connectivity index (χ0v) is 21.3. The van der Waals surface area contributed by atoms with Crippen molar-refractivity contribution in [2.24, 2.45) is 5.73 Å². The van der Waals surface area contributed by atoms with Crippen LogP contribution in [0.3, 0.4) is 0 Å². The van der Waals surface area contributed by atoms with E-state index in [0.29, 0.717) is 11.3 Å². The molecular weight excluding hydrogens is 492 g/mol. The minimum Gasteiger partial charge on any atom is -0.467 e. The van der Waals surface area contributed by atoms with Crippen LogP contribution in [0.5, 0.6) is 0 Å². The number of hydrogen-bond acceptors (Lipinski definition) is 8. The summed E-state index contributed by atoms with van der Waals surface area (Å²) in [5.41, 5.74) is 10.6. The minimum atomic E-state index is -1.16. The van der Waals surface area contributed by atoms with E-state index in [9.17, 15) is 14.4 Å². The summed E-state index contributed by atoms with van der Waals surface area (Å²) in [7, 11) is 1.16. The van der Waals surface area contributed by atoms with E-state index in [1.54, 1.807) is 12.1 Å². The van der Waals surface area contributed by atoms with Gasteiger partial charge in [-0.05, 0) is 34.4 Å². The Labute approximate surface area is 220 Å². The Morgan fingerprint density at radius 1 is 0.892 bits per heavy atom. The third-order valence-electron chi connectivity index (χ3n) is 5.53. The molecule has 8 nitrogen and oxygen atoms in total. The Bertz CT molecular complexity index is 1170. The fraction of sp³-hybridized carbons (Fsp3) is 0.250. The molecule has 0 aliphatic heterocycles. The number of aliphatic hydroxyl groups excluding tert-OH is 1.